The van der Waals surface area contributed by atoms with Gasteiger partial charge in [-0.25, -0.2) is 12.7 Å². The number of sulfonamides is 1. The van der Waals surface area contributed by atoms with Crippen LogP contribution in [0.25, 0.3) is 0 Å². The number of hydrogen-bond donors (Lipinski definition) is 1. The number of hydrogen-bond acceptors (Lipinski definition) is 5. The van der Waals surface area contributed by atoms with E-state index in [9.17, 15) is 22.8 Å². The smallest absolute Gasteiger partial charge is 0.269 e. The van der Waals surface area contributed by atoms with Gasteiger partial charge in [0.25, 0.3) is 15.9 Å². The second-order valence-electron chi connectivity index (χ2n) is 9.41. The highest BCUT2D eigenvalue weighted by Crippen LogP contribution is 2.30. The van der Waals surface area contributed by atoms with Gasteiger partial charge in [-0.1, -0.05) is 54.2 Å². The van der Waals surface area contributed by atoms with Gasteiger partial charge in [0, 0.05) is 35.6 Å². The number of fused-ring (bicyclic) bond motifs is 1. The molecular formula is C26H29Cl2N3O5S. The first-order chi connectivity index (χ1) is 17.6. The molecule has 1 aliphatic heterocycles. The third-order valence-electron chi connectivity index (χ3n) is 6.89. The lowest BCUT2D eigenvalue weighted by Crippen LogP contribution is -2.49. The van der Waals surface area contributed by atoms with E-state index in [1.807, 2.05) is 0 Å². The third-order valence-corrected chi connectivity index (χ3v) is 9.32. The van der Waals surface area contributed by atoms with Gasteiger partial charge in [0.05, 0.1) is 5.56 Å². The first-order valence-corrected chi connectivity index (χ1v) is 14.5. The van der Waals surface area contributed by atoms with Crippen LogP contribution in [0.4, 0.5) is 0 Å². The normalized spacial score (nSPS) is 17.5. The van der Waals surface area contributed by atoms with E-state index >= 15 is 0 Å². The fraction of sp³-hybridized carbons (Fsp3) is 0.423. The minimum atomic E-state index is -3.95. The zero-order valence-electron chi connectivity index (χ0n) is 20.5. The number of nitrogens with one attached hydrogen (secondary N) is 1. The molecule has 1 saturated carbocycles. The maximum atomic E-state index is 13.4. The van der Waals surface area contributed by atoms with Crippen LogP contribution in [-0.4, -0.2) is 54.0 Å². The SMILES string of the molecule is CC(C(=O)NC1CCCC1)N(Cc1ccc(Cl)cc1Cl)C(=O)CCCN1C(=O)c2ccccc2S1(=O)=O. The molecule has 2 aliphatic rings. The summed E-state index contributed by atoms with van der Waals surface area (Å²) < 4.78 is 26.4. The Balaban J connectivity index is 1.46. The lowest BCUT2D eigenvalue weighted by Gasteiger charge is -2.30. The highest BCUT2D eigenvalue weighted by atomic mass is 35.5. The first kappa shape index (κ1) is 27.4. The standard InChI is InChI=1S/C26H29Cl2N3O5S/c1-17(25(33)29-20-7-2-3-8-20)30(16-18-12-13-19(27)15-22(18)28)24(32)11-6-14-31-26(34)21-9-4-5-10-23(21)37(31,35)36/h4-5,9-10,12-13,15,17,20H,2-3,6-8,11,14,16H2,1H3,(H,29,33). The minimum absolute atomic E-state index is 0.0254. The second kappa shape index (κ2) is 11.4. The molecule has 4 rings (SSSR count). The molecule has 0 radical (unpaired) electrons. The number of carbonyl (C=O) groups excluding carboxylic acids is 3. The molecule has 37 heavy (non-hydrogen) atoms. The Morgan fingerprint density at radius 1 is 1.14 bits per heavy atom. The van der Waals surface area contributed by atoms with Gasteiger partial charge in [-0.15, -0.1) is 0 Å². The maximum Gasteiger partial charge on any atom is 0.269 e. The third kappa shape index (κ3) is 5.94. The van der Waals surface area contributed by atoms with E-state index in [1.54, 1.807) is 37.3 Å². The van der Waals surface area contributed by atoms with E-state index in [2.05, 4.69) is 5.32 Å². The second-order valence-corrected chi connectivity index (χ2v) is 12.1. The summed E-state index contributed by atoms with van der Waals surface area (Å²) in [7, 11) is -3.95. The molecule has 11 heteroatoms. The number of benzene rings is 2. The monoisotopic (exact) mass is 565 g/mol. The molecule has 1 atom stereocenters. The Morgan fingerprint density at radius 2 is 1.84 bits per heavy atom. The van der Waals surface area contributed by atoms with Gasteiger partial charge in [0.2, 0.25) is 11.8 Å². The average Bonchev–Trinajstić information content (AvgIpc) is 3.44. The Kier molecular flexibility index (Phi) is 8.46. The predicted molar refractivity (Wildman–Crippen MR) is 141 cm³/mol. The molecule has 1 heterocycles. The zero-order chi connectivity index (χ0) is 26.7. The maximum absolute atomic E-state index is 13.4. The van der Waals surface area contributed by atoms with Crippen LogP contribution < -0.4 is 5.32 Å². The van der Waals surface area contributed by atoms with Gasteiger partial charge in [-0.2, -0.15) is 0 Å². The summed E-state index contributed by atoms with van der Waals surface area (Å²) in [5, 5.41) is 3.86. The summed E-state index contributed by atoms with van der Waals surface area (Å²) in [6.07, 6.45) is 4.00. The van der Waals surface area contributed by atoms with E-state index in [1.165, 1.54) is 17.0 Å². The molecule has 0 bridgehead atoms. The number of amides is 3. The summed E-state index contributed by atoms with van der Waals surface area (Å²) in [6, 6.07) is 10.3. The number of rotatable bonds is 9. The molecule has 2 aromatic rings. The Morgan fingerprint density at radius 3 is 2.51 bits per heavy atom. The van der Waals surface area contributed by atoms with Crippen LogP contribution in [0.5, 0.6) is 0 Å². The van der Waals surface area contributed by atoms with Crippen LogP contribution in [0.15, 0.2) is 47.4 Å². The number of nitrogens with zero attached hydrogens (tertiary/aromatic N) is 2. The summed E-state index contributed by atoms with van der Waals surface area (Å²) in [5.74, 6) is -1.20. The van der Waals surface area contributed by atoms with Crippen LogP contribution >= 0.6 is 23.2 Å². The largest absolute Gasteiger partial charge is 0.352 e. The molecule has 1 fully saturated rings. The van der Waals surface area contributed by atoms with Crippen LogP contribution in [0, 0.1) is 0 Å². The molecule has 1 aliphatic carbocycles. The average molecular weight is 567 g/mol. The lowest BCUT2D eigenvalue weighted by molar-refractivity contribution is -0.141. The molecule has 0 spiro atoms. The van der Waals surface area contributed by atoms with Crippen molar-refractivity contribution in [2.45, 2.75) is 69.0 Å². The summed E-state index contributed by atoms with van der Waals surface area (Å²) in [6.45, 7) is 1.61. The van der Waals surface area contributed by atoms with Crippen molar-refractivity contribution < 1.29 is 22.8 Å². The van der Waals surface area contributed by atoms with Crippen molar-refractivity contribution in [1.29, 1.82) is 0 Å². The van der Waals surface area contributed by atoms with E-state index in [4.69, 9.17) is 23.2 Å². The quantitative estimate of drug-likeness (QED) is 0.485. The summed E-state index contributed by atoms with van der Waals surface area (Å²) in [4.78, 5) is 40.5. The van der Waals surface area contributed by atoms with E-state index < -0.39 is 22.0 Å². The van der Waals surface area contributed by atoms with Crippen LogP contribution in [0.3, 0.4) is 0 Å². The van der Waals surface area contributed by atoms with Gasteiger partial charge in [0.15, 0.2) is 0 Å². The highest BCUT2D eigenvalue weighted by Gasteiger charge is 2.40. The fourth-order valence-electron chi connectivity index (χ4n) is 4.78. The summed E-state index contributed by atoms with van der Waals surface area (Å²) >= 11 is 12.4. The number of halogens is 2. The Hall–Kier alpha value is -2.62. The van der Waals surface area contributed by atoms with Crippen molar-refractivity contribution in [2.75, 3.05) is 6.54 Å². The molecule has 0 saturated heterocycles. The van der Waals surface area contributed by atoms with Gasteiger partial charge >= 0.3 is 0 Å². The van der Waals surface area contributed by atoms with Gasteiger partial charge in [0.1, 0.15) is 10.9 Å². The number of carbonyl (C=O) groups is 3. The van der Waals surface area contributed by atoms with Crippen molar-refractivity contribution in [3.8, 4) is 0 Å². The van der Waals surface area contributed by atoms with Crippen LogP contribution in [0.1, 0.15) is 61.4 Å². The van der Waals surface area contributed by atoms with Crippen LogP contribution in [-0.2, 0) is 26.2 Å². The Bertz CT molecular complexity index is 1310. The fourth-order valence-corrected chi connectivity index (χ4v) is 6.85. The predicted octanol–water partition coefficient (Wildman–Crippen LogP) is 4.39. The topological polar surface area (TPSA) is 104 Å². The van der Waals surface area contributed by atoms with Crippen molar-refractivity contribution >= 4 is 50.9 Å². The van der Waals surface area contributed by atoms with E-state index in [0.717, 1.165) is 30.0 Å². The molecule has 0 aromatic heterocycles. The van der Waals surface area contributed by atoms with Crippen molar-refractivity contribution in [2.24, 2.45) is 0 Å². The van der Waals surface area contributed by atoms with Gasteiger partial charge in [-0.05, 0) is 56.0 Å². The molecule has 8 nitrogen and oxygen atoms in total. The zero-order valence-corrected chi connectivity index (χ0v) is 22.8. The molecule has 1 unspecified atom stereocenters. The van der Waals surface area contributed by atoms with E-state index in [0.29, 0.717) is 15.6 Å². The Labute approximate surface area is 227 Å². The van der Waals surface area contributed by atoms with Crippen molar-refractivity contribution in [3.63, 3.8) is 0 Å². The molecule has 3 amide bonds. The molecular weight excluding hydrogens is 537 g/mol. The van der Waals surface area contributed by atoms with Crippen molar-refractivity contribution in [3.05, 3.63) is 63.6 Å². The van der Waals surface area contributed by atoms with Crippen molar-refractivity contribution in [1.82, 2.24) is 14.5 Å². The van der Waals surface area contributed by atoms with Gasteiger partial charge < -0.3 is 10.2 Å². The van der Waals surface area contributed by atoms with Crippen LogP contribution in [0.2, 0.25) is 10.0 Å². The van der Waals surface area contributed by atoms with E-state index in [-0.39, 0.29) is 54.2 Å². The molecule has 1 N–H and O–H groups in total. The first-order valence-electron chi connectivity index (χ1n) is 12.3. The lowest BCUT2D eigenvalue weighted by atomic mass is 10.1. The molecule has 198 valence electrons. The molecule has 2 aromatic carbocycles. The highest BCUT2D eigenvalue weighted by molar-refractivity contribution is 7.90. The minimum Gasteiger partial charge on any atom is -0.352 e. The van der Waals surface area contributed by atoms with Gasteiger partial charge in [-0.3, -0.25) is 14.4 Å². The summed E-state index contributed by atoms with van der Waals surface area (Å²) in [5.41, 5.74) is 0.762.